The third kappa shape index (κ3) is 5.83. The molecule has 2 heteroatoms. The molecule has 2 aromatic carbocycles. The number of rotatable bonds is 7. The van der Waals surface area contributed by atoms with Crippen LogP contribution in [0.2, 0.25) is 0 Å². The molecule has 1 N–H and O–H groups in total. The van der Waals surface area contributed by atoms with Crippen molar-refractivity contribution in [3.63, 3.8) is 0 Å². The van der Waals surface area contributed by atoms with Gasteiger partial charge in [0.2, 0.25) is 0 Å². The average Bonchev–Trinajstić information content (AvgIpc) is 2.89. The van der Waals surface area contributed by atoms with Crippen molar-refractivity contribution >= 4 is 5.69 Å². The average molecular weight is 361 g/mol. The molecule has 0 radical (unpaired) electrons. The number of fused-ring (bicyclic) bond motifs is 1. The van der Waals surface area contributed by atoms with E-state index in [9.17, 15) is 0 Å². The number of nitrogens with zero attached hydrogens (tertiary/aromatic N) is 1. The van der Waals surface area contributed by atoms with E-state index in [1.54, 1.807) is 0 Å². The molecule has 0 aromatic heterocycles. The lowest BCUT2D eigenvalue weighted by Gasteiger charge is -2.25. The summed E-state index contributed by atoms with van der Waals surface area (Å²) in [6.45, 7) is 7.44. The van der Waals surface area contributed by atoms with Gasteiger partial charge in [0.05, 0.1) is 0 Å². The summed E-state index contributed by atoms with van der Waals surface area (Å²) in [5.41, 5.74) is 5.56. The predicted octanol–water partition coefficient (Wildman–Crippen LogP) is 5.83. The molecule has 142 valence electrons. The number of allylic oxidation sites excluding steroid dienone is 3. The molecule has 1 atom stereocenters. The number of anilines is 1. The summed E-state index contributed by atoms with van der Waals surface area (Å²) in [5.74, 6) is 0. The second kappa shape index (κ2) is 10.1. The minimum absolute atomic E-state index is 0.477. The normalized spacial score (nSPS) is 18.1. The summed E-state index contributed by atoms with van der Waals surface area (Å²) in [4.78, 5) is 2.61. The van der Waals surface area contributed by atoms with Gasteiger partial charge in [-0.25, -0.2) is 0 Å². The van der Waals surface area contributed by atoms with E-state index < -0.39 is 0 Å². The molecule has 0 amide bonds. The lowest BCUT2D eigenvalue weighted by molar-refractivity contribution is 0.260. The van der Waals surface area contributed by atoms with Gasteiger partial charge in [-0.15, -0.1) is 0 Å². The van der Waals surface area contributed by atoms with Crippen molar-refractivity contribution in [2.45, 2.75) is 45.7 Å². The first-order valence-electron chi connectivity index (χ1n) is 10.2. The monoisotopic (exact) mass is 360 g/mol. The van der Waals surface area contributed by atoms with Crippen LogP contribution in [0, 0.1) is 0 Å². The van der Waals surface area contributed by atoms with Crippen molar-refractivity contribution in [1.29, 1.82) is 0 Å². The van der Waals surface area contributed by atoms with Crippen LogP contribution in [0.3, 0.4) is 0 Å². The minimum Gasteiger partial charge on any atom is -0.381 e. The number of para-hydroxylation sites is 1. The largest absolute Gasteiger partial charge is 0.381 e. The molecule has 0 fully saturated rings. The highest BCUT2D eigenvalue weighted by Crippen LogP contribution is 2.24. The fourth-order valence-electron chi connectivity index (χ4n) is 3.83. The van der Waals surface area contributed by atoms with Gasteiger partial charge < -0.3 is 5.32 Å². The maximum Gasteiger partial charge on any atom is 0.0391 e. The maximum absolute atomic E-state index is 3.82. The molecule has 0 saturated carbocycles. The molecule has 0 bridgehead atoms. The Bertz CT molecular complexity index is 761. The van der Waals surface area contributed by atoms with Crippen LogP contribution in [0.1, 0.15) is 37.8 Å². The molecule has 0 spiro atoms. The molecule has 2 nitrogen and oxygen atoms in total. The zero-order valence-electron chi connectivity index (χ0n) is 16.7. The van der Waals surface area contributed by atoms with E-state index in [1.807, 2.05) is 0 Å². The highest BCUT2D eigenvalue weighted by Gasteiger charge is 2.20. The Kier molecular flexibility index (Phi) is 7.29. The number of hydrogen-bond acceptors (Lipinski definition) is 2. The van der Waals surface area contributed by atoms with E-state index in [2.05, 4.69) is 96.9 Å². The molecule has 3 rings (SSSR count). The lowest BCUT2D eigenvalue weighted by Crippen LogP contribution is -2.34. The van der Waals surface area contributed by atoms with Gasteiger partial charge in [0.15, 0.2) is 0 Å². The third-order valence-electron chi connectivity index (χ3n) is 5.34. The van der Waals surface area contributed by atoms with Crippen molar-refractivity contribution in [3.8, 4) is 0 Å². The van der Waals surface area contributed by atoms with Crippen molar-refractivity contribution in [2.75, 3.05) is 18.4 Å². The molecule has 0 aliphatic carbocycles. The second-order valence-corrected chi connectivity index (χ2v) is 7.37. The van der Waals surface area contributed by atoms with Gasteiger partial charge in [-0.3, -0.25) is 4.90 Å². The minimum atomic E-state index is 0.477. The number of nitrogens with one attached hydrogen (secondary N) is 1. The highest BCUT2D eigenvalue weighted by atomic mass is 15.2. The Morgan fingerprint density at radius 2 is 1.85 bits per heavy atom. The zero-order valence-corrected chi connectivity index (χ0v) is 16.7. The fourth-order valence-corrected chi connectivity index (χ4v) is 3.83. The zero-order chi connectivity index (χ0) is 18.9. The lowest BCUT2D eigenvalue weighted by atomic mass is 10.0. The van der Waals surface area contributed by atoms with Crippen LogP contribution in [0.5, 0.6) is 0 Å². The molecule has 1 aliphatic heterocycles. The number of benzene rings is 2. The molecule has 27 heavy (non-hydrogen) atoms. The molecular weight excluding hydrogens is 328 g/mol. The van der Waals surface area contributed by atoms with Gasteiger partial charge in [-0.1, -0.05) is 72.3 Å². The molecule has 1 aliphatic rings. The standard InChI is InChI=1S/C25H32N2/c1-3-10-21(4-2)17-18-27-19-23-13-8-9-14-25(23)26-24(20-27)16-15-22-11-6-5-7-12-22/h3-14,24,26H,15-20H2,1-2H3/b10-3-,21-4+. The van der Waals surface area contributed by atoms with Crippen LogP contribution in [-0.4, -0.2) is 24.0 Å². The van der Waals surface area contributed by atoms with Crippen molar-refractivity contribution in [3.05, 3.63) is 89.5 Å². The van der Waals surface area contributed by atoms with Crippen LogP contribution < -0.4 is 5.32 Å². The summed E-state index contributed by atoms with van der Waals surface area (Å²) in [6, 6.07) is 20.1. The summed E-state index contributed by atoms with van der Waals surface area (Å²) < 4.78 is 0. The summed E-state index contributed by atoms with van der Waals surface area (Å²) in [6.07, 6.45) is 9.98. The Morgan fingerprint density at radius 1 is 1.07 bits per heavy atom. The Hall–Kier alpha value is -2.32. The van der Waals surface area contributed by atoms with Crippen LogP contribution in [0.4, 0.5) is 5.69 Å². The van der Waals surface area contributed by atoms with Crippen LogP contribution >= 0.6 is 0 Å². The Morgan fingerprint density at radius 3 is 2.63 bits per heavy atom. The van der Waals surface area contributed by atoms with E-state index in [4.69, 9.17) is 0 Å². The summed E-state index contributed by atoms with van der Waals surface area (Å²) >= 11 is 0. The molecular formula is C25H32N2. The SMILES string of the molecule is C/C=C\C(=C/C)CCN1Cc2ccccc2NC(CCc2ccccc2)C1. The van der Waals surface area contributed by atoms with E-state index >= 15 is 0 Å². The van der Waals surface area contributed by atoms with E-state index in [0.29, 0.717) is 6.04 Å². The Balaban J connectivity index is 1.68. The van der Waals surface area contributed by atoms with Gasteiger partial charge in [-0.05, 0) is 50.3 Å². The smallest absolute Gasteiger partial charge is 0.0391 e. The summed E-state index contributed by atoms with van der Waals surface area (Å²) in [7, 11) is 0. The van der Waals surface area contributed by atoms with Crippen LogP contribution in [0.25, 0.3) is 0 Å². The first kappa shape index (κ1) is 19.4. The molecule has 0 saturated heterocycles. The van der Waals surface area contributed by atoms with Crippen molar-refractivity contribution < 1.29 is 0 Å². The topological polar surface area (TPSA) is 15.3 Å². The fraction of sp³-hybridized carbons (Fsp3) is 0.360. The van der Waals surface area contributed by atoms with Gasteiger partial charge in [0.1, 0.15) is 0 Å². The van der Waals surface area contributed by atoms with Crippen LogP contribution in [0.15, 0.2) is 78.4 Å². The first-order valence-corrected chi connectivity index (χ1v) is 10.2. The van der Waals surface area contributed by atoms with Crippen LogP contribution in [-0.2, 0) is 13.0 Å². The first-order chi connectivity index (χ1) is 13.3. The van der Waals surface area contributed by atoms with E-state index in [0.717, 1.165) is 38.9 Å². The number of hydrogen-bond donors (Lipinski definition) is 1. The van der Waals surface area contributed by atoms with Gasteiger partial charge >= 0.3 is 0 Å². The molecule has 1 unspecified atom stereocenters. The van der Waals surface area contributed by atoms with Crippen molar-refractivity contribution in [2.24, 2.45) is 0 Å². The maximum atomic E-state index is 3.82. The van der Waals surface area contributed by atoms with Crippen molar-refractivity contribution in [1.82, 2.24) is 4.90 Å². The van der Waals surface area contributed by atoms with E-state index in [-0.39, 0.29) is 0 Å². The van der Waals surface area contributed by atoms with Gasteiger partial charge in [0.25, 0.3) is 0 Å². The van der Waals surface area contributed by atoms with Gasteiger partial charge in [0, 0.05) is 31.4 Å². The quantitative estimate of drug-likeness (QED) is 0.625. The predicted molar refractivity (Wildman–Crippen MR) is 117 cm³/mol. The number of aryl methyl sites for hydroxylation is 1. The second-order valence-electron chi connectivity index (χ2n) is 7.37. The third-order valence-corrected chi connectivity index (χ3v) is 5.34. The molecule has 1 heterocycles. The molecule has 2 aromatic rings. The Labute approximate surface area is 164 Å². The van der Waals surface area contributed by atoms with E-state index in [1.165, 1.54) is 22.4 Å². The summed E-state index contributed by atoms with van der Waals surface area (Å²) in [5, 5.41) is 3.82. The highest BCUT2D eigenvalue weighted by molar-refractivity contribution is 5.52. The van der Waals surface area contributed by atoms with Gasteiger partial charge in [-0.2, -0.15) is 0 Å².